The molecule has 0 atom stereocenters. The van der Waals surface area contributed by atoms with Crippen LogP contribution in [0.15, 0.2) is 24.3 Å². The minimum Gasteiger partial charge on any atom is -0.352 e. The van der Waals surface area contributed by atoms with E-state index in [9.17, 15) is 9.59 Å². The van der Waals surface area contributed by atoms with Gasteiger partial charge < -0.3 is 20.9 Å². The fourth-order valence-electron chi connectivity index (χ4n) is 2.60. The predicted octanol–water partition coefficient (Wildman–Crippen LogP) is 2.35. The van der Waals surface area contributed by atoms with Crippen LogP contribution in [0.25, 0.3) is 0 Å². The standard InChI is InChI=1S/C17H26N4O2.ClH/c1-18-9-5-8-16(22)19-13-14-6-4-7-15(12-14)20-17(23)21-10-2-3-11-21;/h4,6-7,12,18H,2-3,5,8-11,13H2,1H3,(H,19,22)(H,20,23);1H. The van der Waals surface area contributed by atoms with Crippen molar-refractivity contribution in [3.05, 3.63) is 29.8 Å². The molecule has 0 unspecified atom stereocenters. The van der Waals surface area contributed by atoms with Crippen LogP contribution in [0.4, 0.5) is 10.5 Å². The lowest BCUT2D eigenvalue weighted by Crippen LogP contribution is -2.32. The highest BCUT2D eigenvalue weighted by atomic mass is 35.5. The van der Waals surface area contributed by atoms with E-state index in [2.05, 4.69) is 16.0 Å². The van der Waals surface area contributed by atoms with Gasteiger partial charge in [0.1, 0.15) is 0 Å². The minimum absolute atomic E-state index is 0. The van der Waals surface area contributed by atoms with E-state index in [0.29, 0.717) is 13.0 Å². The third kappa shape index (κ3) is 6.76. The molecule has 0 aromatic heterocycles. The number of urea groups is 1. The van der Waals surface area contributed by atoms with Crippen LogP contribution in [0.1, 0.15) is 31.2 Å². The van der Waals surface area contributed by atoms with E-state index < -0.39 is 0 Å². The highest BCUT2D eigenvalue weighted by Gasteiger charge is 2.17. The van der Waals surface area contributed by atoms with Crippen molar-refractivity contribution in [2.75, 3.05) is 32.0 Å². The van der Waals surface area contributed by atoms with Gasteiger partial charge in [0.25, 0.3) is 0 Å². The van der Waals surface area contributed by atoms with Gasteiger partial charge in [-0.05, 0) is 50.6 Å². The van der Waals surface area contributed by atoms with E-state index in [4.69, 9.17) is 0 Å². The van der Waals surface area contributed by atoms with Crippen LogP contribution >= 0.6 is 12.4 Å². The molecule has 7 heteroatoms. The zero-order valence-electron chi connectivity index (χ0n) is 14.1. The van der Waals surface area contributed by atoms with Gasteiger partial charge >= 0.3 is 6.03 Å². The molecule has 1 fully saturated rings. The maximum atomic E-state index is 12.1. The summed E-state index contributed by atoms with van der Waals surface area (Å²) in [5.74, 6) is 0.0479. The number of anilines is 1. The van der Waals surface area contributed by atoms with Crippen molar-refractivity contribution in [1.29, 1.82) is 0 Å². The molecule has 0 bridgehead atoms. The van der Waals surface area contributed by atoms with Gasteiger partial charge in [-0.25, -0.2) is 4.79 Å². The fourth-order valence-corrected chi connectivity index (χ4v) is 2.60. The maximum Gasteiger partial charge on any atom is 0.321 e. The lowest BCUT2D eigenvalue weighted by molar-refractivity contribution is -0.121. The average Bonchev–Trinajstić information content (AvgIpc) is 3.08. The molecular weight excluding hydrogens is 328 g/mol. The highest BCUT2D eigenvalue weighted by Crippen LogP contribution is 2.14. The van der Waals surface area contributed by atoms with Crippen LogP contribution in [-0.4, -0.2) is 43.5 Å². The normalized spacial score (nSPS) is 13.3. The molecule has 1 aromatic carbocycles. The molecule has 3 amide bonds. The molecule has 2 rings (SSSR count). The summed E-state index contributed by atoms with van der Waals surface area (Å²) in [6.45, 7) is 2.97. The first-order chi connectivity index (χ1) is 11.2. The third-order valence-electron chi connectivity index (χ3n) is 3.89. The SMILES string of the molecule is CNCCCC(=O)NCc1cccc(NC(=O)N2CCCC2)c1.Cl. The van der Waals surface area contributed by atoms with Gasteiger partial charge in [0.2, 0.25) is 5.91 Å². The summed E-state index contributed by atoms with van der Waals surface area (Å²) in [5, 5.41) is 8.84. The van der Waals surface area contributed by atoms with Crippen molar-refractivity contribution in [2.45, 2.75) is 32.2 Å². The van der Waals surface area contributed by atoms with Crippen molar-refractivity contribution in [3.8, 4) is 0 Å². The zero-order valence-corrected chi connectivity index (χ0v) is 15.0. The van der Waals surface area contributed by atoms with Crippen LogP contribution in [0, 0.1) is 0 Å². The molecule has 1 aliphatic rings. The quantitative estimate of drug-likeness (QED) is 0.658. The predicted molar refractivity (Wildman–Crippen MR) is 98.5 cm³/mol. The molecule has 3 N–H and O–H groups in total. The van der Waals surface area contributed by atoms with Gasteiger partial charge in [0, 0.05) is 31.7 Å². The molecular formula is C17H27ClN4O2. The molecule has 0 spiro atoms. The monoisotopic (exact) mass is 354 g/mol. The van der Waals surface area contributed by atoms with Gasteiger partial charge in [-0.1, -0.05) is 12.1 Å². The van der Waals surface area contributed by atoms with Gasteiger partial charge in [-0.15, -0.1) is 12.4 Å². The third-order valence-corrected chi connectivity index (χ3v) is 3.89. The second kappa shape index (κ2) is 10.9. The number of hydrogen-bond donors (Lipinski definition) is 3. The summed E-state index contributed by atoms with van der Waals surface area (Å²) < 4.78 is 0. The molecule has 1 aliphatic heterocycles. The number of nitrogens with zero attached hydrogens (tertiary/aromatic N) is 1. The fraction of sp³-hybridized carbons (Fsp3) is 0.529. The van der Waals surface area contributed by atoms with Crippen molar-refractivity contribution < 1.29 is 9.59 Å². The first kappa shape index (κ1) is 20.3. The molecule has 1 heterocycles. The second-order valence-corrected chi connectivity index (χ2v) is 5.81. The Bertz CT molecular complexity index is 533. The molecule has 24 heavy (non-hydrogen) atoms. The molecule has 1 aromatic rings. The van der Waals surface area contributed by atoms with Crippen LogP contribution in [0.3, 0.4) is 0 Å². The summed E-state index contributed by atoms with van der Waals surface area (Å²) in [4.78, 5) is 25.6. The lowest BCUT2D eigenvalue weighted by atomic mass is 10.2. The number of likely N-dealkylation sites (tertiary alicyclic amines) is 1. The summed E-state index contributed by atoms with van der Waals surface area (Å²) in [5.41, 5.74) is 1.75. The van der Waals surface area contributed by atoms with Crippen LogP contribution in [0.2, 0.25) is 0 Å². The first-order valence-electron chi connectivity index (χ1n) is 8.25. The zero-order chi connectivity index (χ0) is 16.5. The molecule has 6 nitrogen and oxygen atoms in total. The molecule has 0 aliphatic carbocycles. The first-order valence-corrected chi connectivity index (χ1v) is 8.25. The summed E-state index contributed by atoms with van der Waals surface area (Å²) in [6.07, 6.45) is 3.50. The van der Waals surface area contributed by atoms with E-state index in [0.717, 1.165) is 50.1 Å². The van der Waals surface area contributed by atoms with Gasteiger partial charge in [-0.3, -0.25) is 4.79 Å². The summed E-state index contributed by atoms with van der Waals surface area (Å²) in [7, 11) is 1.87. The topological polar surface area (TPSA) is 73.5 Å². The Morgan fingerprint density at radius 1 is 1.21 bits per heavy atom. The Hall–Kier alpha value is -1.79. The Kier molecular flexibility index (Phi) is 9.19. The van der Waals surface area contributed by atoms with E-state index in [1.165, 1.54) is 0 Å². The number of carbonyl (C=O) groups is 2. The number of benzene rings is 1. The second-order valence-electron chi connectivity index (χ2n) is 5.81. The average molecular weight is 355 g/mol. The van der Waals surface area contributed by atoms with E-state index in [1.54, 1.807) is 0 Å². The van der Waals surface area contributed by atoms with Crippen molar-refractivity contribution in [1.82, 2.24) is 15.5 Å². The Morgan fingerprint density at radius 3 is 2.67 bits per heavy atom. The van der Waals surface area contributed by atoms with Crippen molar-refractivity contribution in [3.63, 3.8) is 0 Å². The maximum absolute atomic E-state index is 12.1. The Morgan fingerprint density at radius 2 is 1.96 bits per heavy atom. The number of halogens is 1. The van der Waals surface area contributed by atoms with E-state index in [1.807, 2.05) is 36.2 Å². The van der Waals surface area contributed by atoms with Gasteiger partial charge in [0.05, 0.1) is 0 Å². The van der Waals surface area contributed by atoms with E-state index >= 15 is 0 Å². The number of amides is 3. The van der Waals surface area contributed by atoms with Crippen molar-refractivity contribution in [2.24, 2.45) is 0 Å². The molecule has 1 saturated heterocycles. The lowest BCUT2D eigenvalue weighted by Gasteiger charge is -2.16. The largest absolute Gasteiger partial charge is 0.352 e. The number of carbonyl (C=O) groups excluding carboxylic acids is 2. The van der Waals surface area contributed by atoms with Crippen LogP contribution < -0.4 is 16.0 Å². The van der Waals surface area contributed by atoms with E-state index in [-0.39, 0.29) is 24.3 Å². The number of nitrogens with one attached hydrogen (secondary N) is 3. The smallest absolute Gasteiger partial charge is 0.321 e. The molecule has 0 radical (unpaired) electrons. The molecule has 134 valence electrons. The van der Waals surface area contributed by atoms with Crippen LogP contribution in [-0.2, 0) is 11.3 Å². The summed E-state index contributed by atoms with van der Waals surface area (Å²) >= 11 is 0. The number of hydrogen-bond acceptors (Lipinski definition) is 3. The molecule has 0 saturated carbocycles. The number of rotatable bonds is 7. The van der Waals surface area contributed by atoms with Crippen LogP contribution in [0.5, 0.6) is 0 Å². The van der Waals surface area contributed by atoms with Gasteiger partial charge in [-0.2, -0.15) is 0 Å². The Labute approximate surface area is 149 Å². The van der Waals surface area contributed by atoms with Gasteiger partial charge in [0.15, 0.2) is 0 Å². The Balaban J connectivity index is 0.00000288. The van der Waals surface area contributed by atoms with Crippen molar-refractivity contribution >= 4 is 30.0 Å². The summed E-state index contributed by atoms with van der Waals surface area (Å²) in [6, 6.07) is 7.56. The minimum atomic E-state index is -0.0456. The highest BCUT2D eigenvalue weighted by molar-refractivity contribution is 5.89.